The number of hydrogen-bond donors (Lipinski definition) is 1. The lowest BCUT2D eigenvalue weighted by Gasteiger charge is -2.40. The van der Waals surface area contributed by atoms with Crippen LogP contribution in [0, 0.1) is 17.8 Å². The highest BCUT2D eigenvalue weighted by molar-refractivity contribution is 4.88. The van der Waals surface area contributed by atoms with E-state index in [1.54, 1.807) is 0 Å². The summed E-state index contributed by atoms with van der Waals surface area (Å²) in [6.45, 7) is 13.5. The molecule has 0 amide bonds. The SMILES string of the molecule is CCCNC(C1CC(C)CC(C)C1)C(CCC)OCC. The molecule has 1 rings (SSSR count). The van der Waals surface area contributed by atoms with Gasteiger partial charge in [0.25, 0.3) is 0 Å². The molecule has 20 heavy (non-hydrogen) atoms. The van der Waals surface area contributed by atoms with Crippen molar-refractivity contribution in [3.05, 3.63) is 0 Å². The van der Waals surface area contributed by atoms with Gasteiger partial charge in [-0.05, 0) is 63.3 Å². The van der Waals surface area contributed by atoms with E-state index < -0.39 is 0 Å². The van der Waals surface area contributed by atoms with E-state index in [1.807, 2.05) is 0 Å². The second kappa shape index (κ2) is 9.78. The van der Waals surface area contributed by atoms with Crippen LogP contribution in [0.5, 0.6) is 0 Å². The van der Waals surface area contributed by atoms with E-state index in [2.05, 4.69) is 39.9 Å². The van der Waals surface area contributed by atoms with Crippen molar-refractivity contribution < 1.29 is 4.74 Å². The first-order chi connectivity index (χ1) is 9.62. The van der Waals surface area contributed by atoms with Crippen LogP contribution in [0.1, 0.15) is 73.1 Å². The second-order valence-corrected chi connectivity index (χ2v) is 6.94. The van der Waals surface area contributed by atoms with Crippen LogP contribution in [0.3, 0.4) is 0 Å². The summed E-state index contributed by atoms with van der Waals surface area (Å²) in [7, 11) is 0. The van der Waals surface area contributed by atoms with Crippen molar-refractivity contribution in [2.45, 2.75) is 85.3 Å². The van der Waals surface area contributed by atoms with Crippen LogP contribution in [0.15, 0.2) is 0 Å². The largest absolute Gasteiger partial charge is 0.377 e. The number of rotatable bonds is 9. The first-order valence-electron chi connectivity index (χ1n) is 8.97. The molecular formula is C18H37NO. The molecule has 0 bridgehead atoms. The molecule has 0 aromatic rings. The summed E-state index contributed by atoms with van der Waals surface area (Å²) >= 11 is 0. The summed E-state index contributed by atoms with van der Waals surface area (Å²) < 4.78 is 6.10. The van der Waals surface area contributed by atoms with Crippen molar-refractivity contribution in [3.8, 4) is 0 Å². The molecule has 1 N–H and O–H groups in total. The van der Waals surface area contributed by atoms with Crippen molar-refractivity contribution in [2.24, 2.45) is 17.8 Å². The highest BCUT2D eigenvalue weighted by Gasteiger charge is 2.34. The van der Waals surface area contributed by atoms with Crippen LogP contribution in [0.25, 0.3) is 0 Å². The molecule has 0 heterocycles. The Balaban J connectivity index is 2.73. The molecule has 1 saturated carbocycles. The van der Waals surface area contributed by atoms with E-state index in [-0.39, 0.29) is 0 Å². The fraction of sp³-hybridized carbons (Fsp3) is 1.00. The lowest BCUT2D eigenvalue weighted by Crippen LogP contribution is -2.49. The minimum absolute atomic E-state index is 0.402. The van der Waals surface area contributed by atoms with E-state index in [0.717, 1.165) is 30.9 Å². The van der Waals surface area contributed by atoms with Crippen molar-refractivity contribution in [1.82, 2.24) is 5.32 Å². The van der Waals surface area contributed by atoms with Crippen molar-refractivity contribution >= 4 is 0 Å². The number of nitrogens with one attached hydrogen (secondary N) is 1. The summed E-state index contributed by atoms with van der Waals surface area (Å²) in [5.74, 6) is 2.54. The fourth-order valence-electron chi connectivity index (χ4n) is 4.08. The number of hydrogen-bond acceptors (Lipinski definition) is 2. The third-order valence-corrected chi connectivity index (χ3v) is 4.71. The van der Waals surface area contributed by atoms with Gasteiger partial charge < -0.3 is 10.1 Å². The van der Waals surface area contributed by atoms with Gasteiger partial charge in [0.2, 0.25) is 0 Å². The third-order valence-electron chi connectivity index (χ3n) is 4.71. The molecular weight excluding hydrogens is 246 g/mol. The average Bonchev–Trinajstić information content (AvgIpc) is 2.38. The minimum atomic E-state index is 0.402. The molecule has 2 nitrogen and oxygen atoms in total. The van der Waals surface area contributed by atoms with Gasteiger partial charge in [-0.25, -0.2) is 0 Å². The van der Waals surface area contributed by atoms with Crippen LogP contribution in [0.2, 0.25) is 0 Å². The van der Waals surface area contributed by atoms with Gasteiger partial charge >= 0.3 is 0 Å². The standard InChI is InChI=1S/C18H37NO/c1-6-9-17(20-8-3)18(19-10-7-2)16-12-14(4)11-15(5)13-16/h14-19H,6-13H2,1-5H3. The van der Waals surface area contributed by atoms with Crippen LogP contribution in [0.4, 0.5) is 0 Å². The van der Waals surface area contributed by atoms with Gasteiger partial charge in [0.1, 0.15) is 0 Å². The maximum atomic E-state index is 6.10. The summed E-state index contributed by atoms with van der Waals surface area (Å²) in [6.07, 6.45) is 8.17. The van der Waals surface area contributed by atoms with Gasteiger partial charge in [0, 0.05) is 12.6 Å². The number of ether oxygens (including phenoxy) is 1. The Kier molecular flexibility index (Phi) is 8.79. The summed E-state index contributed by atoms with van der Waals surface area (Å²) in [6, 6.07) is 0.556. The van der Waals surface area contributed by atoms with Gasteiger partial charge in [-0.3, -0.25) is 0 Å². The van der Waals surface area contributed by atoms with Gasteiger partial charge in [0.05, 0.1) is 6.10 Å². The normalized spacial score (nSPS) is 30.1. The fourth-order valence-corrected chi connectivity index (χ4v) is 4.08. The zero-order valence-electron chi connectivity index (χ0n) is 14.5. The first kappa shape index (κ1) is 18.0. The van der Waals surface area contributed by atoms with Crippen molar-refractivity contribution in [3.63, 3.8) is 0 Å². The van der Waals surface area contributed by atoms with Crippen molar-refractivity contribution in [2.75, 3.05) is 13.2 Å². The Morgan fingerprint density at radius 3 is 2.15 bits per heavy atom. The zero-order valence-corrected chi connectivity index (χ0v) is 14.5. The van der Waals surface area contributed by atoms with Gasteiger partial charge in [-0.15, -0.1) is 0 Å². The summed E-state index contributed by atoms with van der Waals surface area (Å²) in [4.78, 5) is 0. The topological polar surface area (TPSA) is 21.3 Å². The molecule has 4 unspecified atom stereocenters. The van der Waals surface area contributed by atoms with Crippen molar-refractivity contribution in [1.29, 1.82) is 0 Å². The predicted octanol–water partition coefficient (Wildman–Crippen LogP) is 4.63. The van der Waals surface area contributed by atoms with Crippen LogP contribution < -0.4 is 5.32 Å². The van der Waals surface area contributed by atoms with E-state index in [4.69, 9.17) is 4.74 Å². The molecule has 2 heteroatoms. The highest BCUT2D eigenvalue weighted by Crippen LogP contribution is 2.36. The molecule has 0 aliphatic heterocycles. The maximum absolute atomic E-state index is 6.10. The quantitative estimate of drug-likeness (QED) is 0.666. The summed E-state index contributed by atoms with van der Waals surface area (Å²) in [5, 5.41) is 3.82. The molecule has 0 saturated heterocycles. The molecule has 4 atom stereocenters. The minimum Gasteiger partial charge on any atom is -0.377 e. The van der Waals surface area contributed by atoms with Gasteiger partial charge in [0.15, 0.2) is 0 Å². The van der Waals surface area contributed by atoms with E-state index in [1.165, 1.54) is 38.5 Å². The van der Waals surface area contributed by atoms with Crippen LogP contribution in [-0.2, 0) is 4.74 Å². The molecule has 0 spiro atoms. The van der Waals surface area contributed by atoms with Gasteiger partial charge in [-0.1, -0.05) is 34.1 Å². The Morgan fingerprint density at radius 1 is 1.00 bits per heavy atom. The van der Waals surface area contributed by atoms with E-state index in [0.29, 0.717) is 12.1 Å². The molecule has 120 valence electrons. The lowest BCUT2D eigenvalue weighted by molar-refractivity contribution is -0.00151. The Labute approximate surface area is 127 Å². The van der Waals surface area contributed by atoms with Crippen LogP contribution in [-0.4, -0.2) is 25.3 Å². The Morgan fingerprint density at radius 2 is 1.65 bits per heavy atom. The predicted molar refractivity (Wildman–Crippen MR) is 88.1 cm³/mol. The molecule has 0 aromatic carbocycles. The third kappa shape index (κ3) is 5.73. The zero-order chi connectivity index (χ0) is 15.0. The molecule has 1 aliphatic carbocycles. The monoisotopic (exact) mass is 283 g/mol. The first-order valence-corrected chi connectivity index (χ1v) is 8.97. The molecule has 0 radical (unpaired) electrons. The average molecular weight is 284 g/mol. The Bertz CT molecular complexity index is 228. The van der Waals surface area contributed by atoms with Crippen LogP contribution >= 0.6 is 0 Å². The second-order valence-electron chi connectivity index (χ2n) is 6.94. The summed E-state index contributed by atoms with van der Waals surface area (Å²) in [5.41, 5.74) is 0. The van der Waals surface area contributed by atoms with Gasteiger partial charge in [-0.2, -0.15) is 0 Å². The van der Waals surface area contributed by atoms with E-state index in [9.17, 15) is 0 Å². The highest BCUT2D eigenvalue weighted by atomic mass is 16.5. The Hall–Kier alpha value is -0.0800. The lowest BCUT2D eigenvalue weighted by atomic mass is 9.72. The molecule has 1 aliphatic rings. The smallest absolute Gasteiger partial charge is 0.0730 e. The molecule has 0 aromatic heterocycles. The van der Waals surface area contributed by atoms with E-state index >= 15 is 0 Å². The molecule has 1 fully saturated rings. The maximum Gasteiger partial charge on any atom is 0.0730 e.